The third-order valence-corrected chi connectivity index (χ3v) is 3.15. The molecule has 0 N–H and O–H groups in total. The Bertz CT molecular complexity index is 278. The second-order valence-electron chi connectivity index (χ2n) is 4.13. The number of cyclic esters (lactones) is 1. The molecule has 0 unspecified atom stereocenters. The molecule has 0 aromatic heterocycles. The van der Waals surface area contributed by atoms with Gasteiger partial charge in [0.05, 0.1) is 6.42 Å². The van der Waals surface area contributed by atoms with Crippen LogP contribution in [0.5, 0.6) is 0 Å². The Kier molecular flexibility index (Phi) is 2.01. The van der Waals surface area contributed by atoms with Gasteiger partial charge >= 0.3 is 5.97 Å². The van der Waals surface area contributed by atoms with Crippen LogP contribution < -0.4 is 0 Å². The van der Waals surface area contributed by atoms with Crippen LogP contribution in [0.4, 0.5) is 0 Å². The molecule has 1 saturated carbocycles. The van der Waals surface area contributed by atoms with Gasteiger partial charge in [-0.1, -0.05) is 25.2 Å². The molecule has 0 aromatic rings. The topological polar surface area (TPSA) is 26.3 Å². The molecule has 2 fully saturated rings. The minimum absolute atomic E-state index is 0.0979. The molecule has 1 saturated heterocycles. The summed E-state index contributed by atoms with van der Waals surface area (Å²) in [7, 11) is 0. The maximum Gasteiger partial charge on any atom is 0.312 e. The predicted octanol–water partition coefficient (Wildman–Crippen LogP) is 2.55. The highest BCUT2D eigenvalue weighted by atomic mass is 16.5. The third kappa shape index (κ3) is 1.54. The summed E-state index contributed by atoms with van der Waals surface area (Å²) in [5.41, 5.74) is 2.91. The first kappa shape index (κ1) is 8.58. The molecule has 70 valence electrons. The van der Waals surface area contributed by atoms with Crippen molar-refractivity contribution in [2.45, 2.75) is 38.5 Å². The maximum absolute atomic E-state index is 11.3. The van der Waals surface area contributed by atoms with Gasteiger partial charge < -0.3 is 4.74 Å². The van der Waals surface area contributed by atoms with Crippen molar-refractivity contribution in [1.29, 1.82) is 0 Å². The Labute approximate surface area is 78.3 Å². The van der Waals surface area contributed by atoms with Gasteiger partial charge in [0.25, 0.3) is 0 Å². The van der Waals surface area contributed by atoms with Gasteiger partial charge in [0.15, 0.2) is 0 Å². The molecule has 1 aliphatic carbocycles. The van der Waals surface area contributed by atoms with Crippen LogP contribution in [-0.2, 0) is 9.53 Å². The van der Waals surface area contributed by atoms with Crippen molar-refractivity contribution < 1.29 is 9.53 Å². The summed E-state index contributed by atoms with van der Waals surface area (Å²) < 4.78 is 5.03. The zero-order valence-electron chi connectivity index (χ0n) is 7.77. The number of esters is 1. The number of ether oxygens (including phenoxy) is 1. The van der Waals surface area contributed by atoms with Crippen LogP contribution >= 0.6 is 0 Å². The third-order valence-electron chi connectivity index (χ3n) is 3.15. The average Bonchev–Trinajstić information content (AvgIpc) is 2.51. The first-order chi connectivity index (χ1) is 6.24. The highest BCUT2D eigenvalue weighted by Crippen LogP contribution is 2.48. The molecule has 0 aromatic carbocycles. The van der Waals surface area contributed by atoms with Gasteiger partial charge in [-0.15, -0.1) is 0 Å². The molecule has 0 bridgehead atoms. The molecule has 2 rings (SSSR count). The van der Waals surface area contributed by atoms with Gasteiger partial charge in [-0.2, -0.15) is 0 Å². The monoisotopic (exact) mass is 178 g/mol. The summed E-state index contributed by atoms with van der Waals surface area (Å²) >= 11 is 0. The molecular weight excluding hydrogens is 164 g/mol. The fourth-order valence-electron chi connectivity index (χ4n) is 2.50. The highest BCUT2D eigenvalue weighted by Gasteiger charge is 2.41. The molecule has 0 atom stereocenters. The average molecular weight is 178 g/mol. The lowest BCUT2D eigenvalue weighted by Crippen LogP contribution is -2.28. The molecule has 0 radical (unpaired) electrons. The lowest BCUT2D eigenvalue weighted by atomic mass is 9.77. The van der Waals surface area contributed by atoms with E-state index in [1.165, 1.54) is 12.8 Å². The van der Waals surface area contributed by atoms with Crippen molar-refractivity contribution in [1.82, 2.24) is 0 Å². The van der Waals surface area contributed by atoms with Gasteiger partial charge in [0, 0.05) is 6.42 Å². The van der Waals surface area contributed by atoms with Crippen molar-refractivity contribution in [3.05, 3.63) is 18.1 Å². The van der Waals surface area contributed by atoms with Crippen LogP contribution in [0.15, 0.2) is 18.1 Å². The molecule has 2 nitrogen and oxygen atoms in total. The summed E-state index contributed by atoms with van der Waals surface area (Å²) in [6.07, 6.45) is 6.27. The Morgan fingerprint density at radius 1 is 1.31 bits per heavy atom. The number of hydrogen-bond acceptors (Lipinski definition) is 2. The Morgan fingerprint density at radius 2 is 2.00 bits per heavy atom. The largest absolute Gasteiger partial charge is 0.422 e. The van der Waals surface area contributed by atoms with Crippen LogP contribution in [0, 0.1) is 5.41 Å². The van der Waals surface area contributed by atoms with Gasteiger partial charge in [-0.3, -0.25) is 4.79 Å². The predicted molar refractivity (Wildman–Crippen MR) is 48.9 cm³/mol. The fraction of sp³-hybridized carbons (Fsp3) is 0.636. The molecular formula is C11H14O2. The van der Waals surface area contributed by atoms with Gasteiger partial charge in [0.1, 0.15) is 5.76 Å². The summed E-state index contributed by atoms with van der Waals surface area (Å²) in [6.45, 7) is 3.53. The maximum atomic E-state index is 11.3. The van der Waals surface area contributed by atoms with E-state index in [2.05, 4.69) is 12.3 Å². The van der Waals surface area contributed by atoms with Crippen molar-refractivity contribution in [3.63, 3.8) is 0 Å². The Balaban J connectivity index is 2.21. The zero-order chi connectivity index (χ0) is 9.31. The minimum Gasteiger partial charge on any atom is -0.422 e. The van der Waals surface area contributed by atoms with Gasteiger partial charge in [-0.25, -0.2) is 0 Å². The summed E-state index contributed by atoms with van der Waals surface area (Å²) in [5.74, 6) is 0.553. The fourth-order valence-corrected chi connectivity index (χ4v) is 2.50. The van der Waals surface area contributed by atoms with Crippen molar-refractivity contribution in [2.75, 3.05) is 0 Å². The van der Waals surface area contributed by atoms with E-state index in [1.54, 1.807) is 0 Å². The number of allylic oxidation sites excluding steroid dienone is 1. The van der Waals surface area contributed by atoms with Gasteiger partial charge in [-0.05, 0) is 18.3 Å². The lowest BCUT2D eigenvalue weighted by molar-refractivity contribution is -0.146. The van der Waals surface area contributed by atoms with Crippen LogP contribution in [-0.4, -0.2) is 5.97 Å². The van der Waals surface area contributed by atoms with E-state index in [0.29, 0.717) is 12.2 Å². The standard InChI is InChI=1S/C11H14O2/c1-2-9-7-11(5-3-4-6-11)8-10(12)13-9/h1,3-8H2. The number of carbonyl (C=O) groups excluding carboxylic acids is 1. The minimum atomic E-state index is -0.0979. The molecule has 1 aliphatic heterocycles. The SMILES string of the molecule is C=C=C1CC2(CCCC2)CC(=O)O1. The molecule has 1 spiro atoms. The van der Waals surface area contributed by atoms with Crippen LogP contribution in [0.25, 0.3) is 0 Å². The van der Waals surface area contributed by atoms with E-state index >= 15 is 0 Å². The van der Waals surface area contributed by atoms with Gasteiger partial charge in [0.2, 0.25) is 0 Å². The van der Waals surface area contributed by atoms with Crippen molar-refractivity contribution >= 4 is 5.97 Å². The molecule has 0 amide bonds. The first-order valence-corrected chi connectivity index (χ1v) is 4.84. The molecule has 2 heteroatoms. The van der Waals surface area contributed by atoms with E-state index in [0.717, 1.165) is 19.3 Å². The van der Waals surface area contributed by atoms with E-state index in [4.69, 9.17) is 4.74 Å². The lowest BCUT2D eigenvalue weighted by Gasteiger charge is -2.32. The first-order valence-electron chi connectivity index (χ1n) is 4.84. The van der Waals surface area contributed by atoms with Crippen LogP contribution in [0.3, 0.4) is 0 Å². The van der Waals surface area contributed by atoms with Crippen LogP contribution in [0.2, 0.25) is 0 Å². The highest BCUT2D eigenvalue weighted by molar-refractivity contribution is 5.72. The second kappa shape index (κ2) is 3.04. The molecule has 13 heavy (non-hydrogen) atoms. The van der Waals surface area contributed by atoms with E-state index in [9.17, 15) is 4.79 Å². The number of hydrogen-bond donors (Lipinski definition) is 0. The molecule has 2 aliphatic rings. The van der Waals surface area contributed by atoms with E-state index < -0.39 is 0 Å². The second-order valence-corrected chi connectivity index (χ2v) is 4.13. The quantitative estimate of drug-likeness (QED) is 0.421. The van der Waals surface area contributed by atoms with E-state index in [1.807, 2.05) is 0 Å². The summed E-state index contributed by atoms with van der Waals surface area (Å²) in [5, 5.41) is 0. The summed E-state index contributed by atoms with van der Waals surface area (Å²) in [4.78, 5) is 11.3. The number of carbonyl (C=O) groups is 1. The number of rotatable bonds is 0. The summed E-state index contributed by atoms with van der Waals surface area (Å²) in [6, 6.07) is 0. The van der Waals surface area contributed by atoms with E-state index in [-0.39, 0.29) is 11.4 Å². The smallest absolute Gasteiger partial charge is 0.312 e. The van der Waals surface area contributed by atoms with Crippen molar-refractivity contribution in [2.24, 2.45) is 5.41 Å². The van der Waals surface area contributed by atoms with Crippen molar-refractivity contribution in [3.8, 4) is 0 Å². The normalized spacial score (nSPS) is 25.8. The Hall–Kier alpha value is -1.01. The van der Waals surface area contributed by atoms with Crippen LogP contribution in [0.1, 0.15) is 38.5 Å². The molecule has 1 heterocycles. The zero-order valence-corrected chi connectivity index (χ0v) is 7.77. The Morgan fingerprint density at radius 3 is 2.62 bits per heavy atom.